The summed E-state index contributed by atoms with van der Waals surface area (Å²) in [6.45, 7) is 6.99. The van der Waals surface area contributed by atoms with Gasteiger partial charge in [0.1, 0.15) is 55.3 Å². The molecule has 18 heteroatoms. The third kappa shape index (κ3) is 12.4. The van der Waals surface area contributed by atoms with Gasteiger partial charge in [0.25, 0.3) is 11.8 Å². The lowest BCUT2D eigenvalue weighted by atomic mass is 10.0. The summed E-state index contributed by atoms with van der Waals surface area (Å²) in [5.41, 5.74) is 7.92. The predicted octanol–water partition coefficient (Wildman–Crippen LogP) is 6.57. The summed E-state index contributed by atoms with van der Waals surface area (Å²) in [7, 11) is 0. The number of thiazole rings is 1. The number of nitrogens with one attached hydrogen (secondary N) is 1. The van der Waals surface area contributed by atoms with E-state index in [1.54, 1.807) is 40.7 Å². The van der Waals surface area contributed by atoms with E-state index in [4.69, 9.17) is 18.9 Å². The van der Waals surface area contributed by atoms with Gasteiger partial charge in [-0.15, -0.1) is 11.3 Å². The zero-order valence-electron chi connectivity index (χ0n) is 42.9. The number of aliphatic hydroxyl groups excluding tert-OH is 2. The van der Waals surface area contributed by atoms with Crippen LogP contribution in [0.25, 0.3) is 10.4 Å². The van der Waals surface area contributed by atoms with E-state index in [2.05, 4.69) is 22.1 Å². The van der Waals surface area contributed by atoms with Gasteiger partial charge < -0.3 is 54.3 Å². The van der Waals surface area contributed by atoms with E-state index < -0.39 is 48.2 Å². The molecule has 5 aromatic carbocycles. The van der Waals surface area contributed by atoms with Crippen molar-refractivity contribution in [3.05, 3.63) is 171 Å². The standard InChI is InChI=1S/C59H60FN5O11S/c1-36(2)52(64-31-42-13-7-8-17-46(42)56(64)68)58(70)63-33-45(66)29-48(63)55(67)61-30-41-19-18-40(54-37(3)62-35-77-54)27-50(41)75-26-25-74-24-23-73-22-10-16-39-14-9-15-43-32-65(57(69)51(39)43)53(59(71)72)47-28-44(60)20-21-49(47)76-34-38-11-5-4-6-12-38/h4-9,11-15,17-21,27-28,35-36,45,48,52-53,59,66,71-72H,22-26,29-34H2,1-3H3,(H,61,67)/t45-,48+,52+,53?/m1/s1. The monoisotopic (exact) mass is 1070 g/mol. The number of ether oxygens (including phenoxy) is 4. The molecule has 3 aliphatic rings. The number of hydrogen-bond acceptors (Lipinski definition) is 13. The molecule has 4 N–H and O–H groups in total. The number of β-amino-alcohol motifs (C(OH)–C–C–N with tert-alkyl or cyclic N) is 1. The minimum Gasteiger partial charge on any atom is -0.491 e. The second-order valence-corrected chi connectivity index (χ2v) is 20.2. The number of aryl methyl sites for hydroxylation is 1. The van der Waals surface area contributed by atoms with Gasteiger partial charge in [-0.3, -0.25) is 19.2 Å². The summed E-state index contributed by atoms with van der Waals surface area (Å²) in [5.74, 6) is 4.27. The average Bonchev–Trinajstić information content (AvgIpc) is 4.25. The quantitative estimate of drug-likeness (QED) is 0.0344. The number of rotatable bonds is 21. The smallest absolute Gasteiger partial charge is 0.256 e. The first-order valence-corrected chi connectivity index (χ1v) is 26.4. The van der Waals surface area contributed by atoms with Crippen LogP contribution in [0, 0.1) is 30.5 Å². The minimum absolute atomic E-state index is 0.0284. The van der Waals surface area contributed by atoms with Crippen LogP contribution in [-0.2, 0) is 45.3 Å². The molecular weight excluding hydrogens is 1010 g/mol. The van der Waals surface area contributed by atoms with Gasteiger partial charge in [0.05, 0.1) is 47.6 Å². The van der Waals surface area contributed by atoms with Crippen LogP contribution in [0.1, 0.15) is 86.1 Å². The normalized spacial score (nSPS) is 16.6. The molecule has 1 saturated heterocycles. The van der Waals surface area contributed by atoms with Gasteiger partial charge in [-0.25, -0.2) is 9.37 Å². The summed E-state index contributed by atoms with van der Waals surface area (Å²) in [5, 5.41) is 35.0. The maximum atomic E-state index is 14.7. The Hall–Kier alpha value is -7.50. The van der Waals surface area contributed by atoms with Gasteiger partial charge in [-0.1, -0.05) is 98.5 Å². The molecule has 6 aromatic rings. The Morgan fingerprint density at radius 3 is 2.36 bits per heavy atom. The Labute approximate surface area is 450 Å². The van der Waals surface area contributed by atoms with Gasteiger partial charge in [0.2, 0.25) is 11.8 Å². The van der Waals surface area contributed by atoms with Gasteiger partial charge in [-0.2, -0.15) is 0 Å². The Kier molecular flexibility index (Phi) is 17.4. The van der Waals surface area contributed by atoms with E-state index >= 15 is 0 Å². The van der Waals surface area contributed by atoms with E-state index in [1.165, 1.54) is 33.3 Å². The number of carbonyl (C=O) groups is 4. The second kappa shape index (κ2) is 24.7. The predicted molar refractivity (Wildman–Crippen MR) is 284 cm³/mol. The fraction of sp³-hybridized carbons (Fsp3) is 0.339. The molecule has 3 aliphatic heterocycles. The molecule has 4 heterocycles. The number of benzene rings is 5. The molecule has 1 fully saturated rings. The van der Waals surface area contributed by atoms with E-state index in [9.17, 15) is 38.9 Å². The van der Waals surface area contributed by atoms with Crippen molar-refractivity contribution in [1.82, 2.24) is 25.0 Å². The number of fused-ring (bicyclic) bond motifs is 2. The zero-order chi connectivity index (χ0) is 54.2. The molecule has 16 nitrogen and oxygen atoms in total. The molecule has 1 unspecified atom stereocenters. The fourth-order valence-electron chi connectivity index (χ4n) is 10.1. The molecule has 9 rings (SSSR count). The van der Waals surface area contributed by atoms with Gasteiger partial charge in [0.15, 0.2) is 6.29 Å². The molecule has 400 valence electrons. The van der Waals surface area contributed by atoms with Crippen molar-refractivity contribution in [2.75, 3.05) is 39.6 Å². The number of aliphatic hydroxyl groups is 3. The number of hydrogen-bond donors (Lipinski definition) is 4. The van der Waals surface area contributed by atoms with E-state index in [0.717, 1.165) is 33.3 Å². The summed E-state index contributed by atoms with van der Waals surface area (Å²) in [6, 6.07) is 28.2. The molecule has 77 heavy (non-hydrogen) atoms. The lowest BCUT2D eigenvalue weighted by Crippen LogP contribution is -2.55. The van der Waals surface area contributed by atoms with Crippen LogP contribution in [-0.4, -0.2) is 123 Å². The summed E-state index contributed by atoms with van der Waals surface area (Å²) >= 11 is 1.50. The molecule has 0 aliphatic carbocycles. The topological polar surface area (TPSA) is 201 Å². The number of halogens is 1. The second-order valence-electron chi connectivity index (χ2n) is 19.4. The number of aromatic nitrogens is 1. The summed E-state index contributed by atoms with van der Waals surface area (Å²) in [4.78, 5) is 65.3. The van der Waals surface area contributed by atoms with Crippen molar-refractivity contribution in [1.29, 1.82) is 0 Å². The molecule has 0 bridgehead atoms. The lowest BCUT2D eigenvalue weighted by molar-refractivity contribution is -0.143. The molecule has 1 aromatic heterocycles. The van der Waals surface area contributed by atoms with Crippen molar-refractivity contribution in [2.45, 2.75) is 84.0 Å². The average molecular weight is 1070 g/mol. The molecule has 0 radical (unpaired) electrons. The number of likely N-dealkylation sites (tertiary alicyclic amines) is 1. The van der Waals surface area contributed by atoms with E-state index in [1.807, 2.05) is 81.4 Å². The highest BCUT2D eigenvalue weighted by Gasteiger charge is 2.46. The van der Waals surface area contributed by atoms with Crippen LogP contribution in [0.5, 0.6) is 11.5 Å². The van der Waals surface area contributed by atoms with Crippen molar-refractivity contribution >= 4 is 35.0 Å². The van der Waals surface area contributed by atoms with Crippen molar-refractivity contribution in [3.63, 3.8) is 0 Å². The highest BCUT2D eigenvalue weighted by molar-refractivity contribution is 7.13. The summed E-state index contributed by atoms with van der Waals surface area (Å²) < 4.78 is 38.5. The number of nitrogens with zero attached hydrogens (tertiary/aromatic N) is 4. The molecule has 0 saturated carbocycles. The Morgan fingerprint density at radius 1 is 0.844 bits per heavy atom. The molecule has 4 atom stereocenters. The Balaban J connectivity index is 0.770. The van der Waals surface area contributed by atoms with Gasteiger partial charge in [-0.05, 0) is 71.5 Å². The largest absolute Gasteiger partial charge is 0.491 e. The highest BCUT2D eigenvalue weighted by atomic mass is 32.1. The molecule has 0 spiro atoms. The first-order valence-electron chi connectivity index (χ1n) is 25.5. The molecule has 4 amide bonds. The van der Waals surface area contributed by atoms with E-state index in [-0.39, 0.29) is 101 Å². The first-order chi connectivity index (χ1) is 37.3. The SMILES string of the molecule is Cc1ncsc1-c1ccc(CNC(=O)[C@@H]2C[C@@H](O)CN2C(=O)[C@H](C(C)C)N2Cc3ccccc3C2=O)c(OCCOCCOCC#Cc2cccc3c2C(=O)N(C(c2cc(F)ccc2OCc2ccccc2)C(O)O)C3)c1. The number of carbonyl (C=O) groups excluding carboxylic acids is 4. The third-order valence-corrected chi connectivity index (χ3v) is 14.8. The fourth-order valence-corrected chi connectivity index (χ4v) is 10.9. The van der Waals surface area contributed by atoms with Crippen molar-refractivity contribution in [2.24, 2.45) is 5.92 Å². The first kappa shape index (κ1) is 54.3. The Morgan fingerprint density at radius 2 is 1.60 bits per heavy atom. The van der Waals surface area contributed by atoms with Crippen LogP contribution in [0.15, 0.2) is 115 Å². The number of amides is 4. The van der Waals surface area contributed by atoms with Gasteiger partial charge in [0, 0.05) is 54.9 Å². The van der Waals surface area contributed by atoms with Crippen LogP contribution >= 0.6 is 11.3 Å². The highest BCUT2D eigenvalue weighted by Crippen LogP contribution is 2.39. The maximum Gasteiger partial charge on any atom is 0.256 e. The Bertz CT molecular complexity index is 3180. The maximum absolute atomic E-state index is 14.7. The van der Waals surface area contributed by atoms with Crippen molar-refractivity contribution in [3.8, 4) is 33.8 Å². The summed E-state index contributed by atoms with van der Waals surface area (Å²) in [6.07, 6.45) is -2.91. The van der Waals surface area contributed by atoms with Gasteiger partial charge >= 0.3 is 0 Å². The van der Waals surface area contributed by atoms with Crippen LogP contribution in [0.4, 0.5) is 4.39 Å². The third-order valence-electron chi connectivity index (χ3n) is 13.8. The lowest BCUT2D eigenvalue weighted by Gasteiger charge is -2.35. The van der Waals surface area contributed by atoms with Crippen LogP contribution < -0.4 is 14.8 Å². The minimum atomic E-state index is -2.06. The van der Waals surface area contributed by atoms with Crippen LogP contribution in [0.3, 0.4) is 0 Å². The van der Waals surface area contributed by atoms with Crippen LogP contribution in [0.2, 0.25) is 0 Å². The molecular formula is C59H60FN5O11S. The van der Waals surface area contributed by atoms with Crippen molar-refractivity contribution < 1.29 is 57.8 Å². The van der Waals surface area contributed by atoms with E-state index in [0.29, 0.717) is 33.6 Å². The zero-order valence-corrected chi connectivity index (χ0v) is 43.7.